The third kappa shape index (κ3) is 5.15. The van der Waals surface area contributed by atoms with Crippen LogP contribution in [0.4, 0.5) is 39.9 Å². The molecule has 0 saturated heterocycles. The molecule has 0 aliphatic heterocycles. The van der Waals surface area contributed by atoms with Crippen LogP contribution >= 0.6 is 0 Å². The molecular formula is C19H11F8N3O2. The van der Waals surface area contributed by atoms with Crippen LogP contribution in [0.3, 0.4) is 0 Å². The highest BCUT2D eigenvalue weighted by Crippen LogP contribution is 2.37. The van der Waals surface area contributed by atoms with Crippen molar-refractivity contribution in [2.75, 3.05) is 0 Å². The Hall–Kier alpha value is -3.64. The molecule has 1 N–H and O–H groups in total. The Balaban J connectivity index is 1.79. The molecule has 1 amide bonds. The predicted molar refractivity (Wildman–Crippen MR) is 92.8 cm³/mol. The number of hydrogen-bond acceptors (Lipinski definition) is 3. The number of amides is 1. The summed E-state index contributed by atoms with van der Waals surface area (Å²) in [4.78, 5) is 11.9. The van der Waals surface area contributed by atoms with Gasteiger partial charge in [-0.25, -0.2) is 18.3 Å². The van der Waals surface area contributed by atoms with E-state index < -0.39 is 59.2 Å². The lowest BCUT2D eigenvalue weighted by Crippen LogP contribution is -2.28. The van der Waals surface area contributed by atoms with E-state index in [2.05, 4.69) is 9.84 Å². The quantitative estimate of drug-likeness (QED) is 0.520. The molecule has 0 bridgehead atoms. The highest BCUT2D eigenvalue weighted by Gasteiger charge is 2.40. The van der Waals surface area contributed by atoms with Crippen molar-refractivity contribution in [1.82, 2.24) is 15.1 Å². The van der Waals surface area contributed by atoms with Gasteiger partial charge in [0.25, 0.3) is 0 Å². The monoisotopic (exact) mass is 465 g/mol. The summed E-state index contributed by atoms with van der Waals surface area (Å²) in [5.41, 5.74) is -3.41. The summed E-state index contributed by atoms with van der Waals surface area (Å²) >= 11 is 0. The molecule has 0 spiro atoms. The van der Waals surface area contributed by atoms with Crippen LogP contribution in [0.25, 0.3) is 5.69 Å². The summed E-state index contributed by atoms with van der Waals surface area (Å²) in [5, 5.41) is 5.37. The first kappa shape index (κ1) is 23.0. The van der Waals surface area contributed by atoms with Crippen molar-refractivity contribution in [2.45, 2.75) is 18.9 Å². The topological polar surface area (TPSA) is 56.1 Å². The maximum Gasteiger partial charge on any atom is 0.437 e. The molecule has 0 aliphatic rings. The van der Waals surface area contributed by atoms with E-state index in [0.29, 0.717) is 29.1 Å². The maximum absolute atomic E-state index is 13.7. The van der Waals surface area contributed by atoms with Crippen molar-refractivity contribution in [3.05, 3.63) is 77.1 Å². The number of benzene rings is 2. The highest BCUT2D eigenvalue weighted by atomic mass is 19.4. The molecule has 2 aromatic carbocycles. The molecule has 0 fully saturated rings. The van der Waals surface area contributed by atoms with Crippen LogP contribution in [-0.4, -0.2) is 15.9 Å². The zero-order valence-electron chi connectivity index (χ0n) is 15.6. The number of nitrogens with zero attached hydrogens (tertiary/aromatic N) is 2. The van der Waals surface area contributed by atoms with Gasteiger partial charge in [-0.15, -0.1) is 0 Å². The van der Waals surface area contributed by atoms with E-state index in [1.807, 2.05) is 5.32 Å². The molecule has 170 valence electrons. The van der Waals surface area contributed by atoms with Crippen LogP contribution < -0.4 is 10.1 Å². The number of hydrogen-bond donors (Lipinski definition) is 1. The summed E-state index contributed by atoms with van der Waals surface area (Å²) in [6, 6.07) is 5.30. The van der Waals surface area contributed by atoms with Crippen molar-refractivity contribution in [1.29, 1.82) is 0 Å². The standard InChI is InChI=1S/C19H11F8N3O2/c20-12-2-4-13(5-3-12)30-16(19(25,26)27)15(9-29-30)32-17(31)28-8-10-7-11(18(22,23)24)1-6-14(10)21/h1-7,9H,8H2,(H,28,31). The molecule has 1 aromatic heterocycles. The summed E-state index contributed by atoms with van der Waals surface area (Å²) < 4.78 is 110. The number of ether oxygens (including phenoxy) is 1. The summed E-state index contributed by atoms with van der Waals surface area (Å²) in [6.45, 7) is -0.790. The molecule has 0 aliphatic carbocycles. The first-order valence-corrected chi connectivity index (χ1v) is 8.58. The number of halogens is 8. The van der Waals surface area contributed by atoms with E-state index in [1.54, 1.807) is 0 Å². The molecular weight excluding hydrogens is 454 g/mol. The van der Waals surface area contributed by atoms with Gasteiger partial charge in [-0.2, -0.15) is 31.4 Å². The minimum atomic E-state index is -5.05. The average Bonchev–Trinajstić information content (AvgIpc) is 3.11. The summed E-state index contributed by atoms with van der Waals surface area (Å²) in [5.74, 6) is -2.80. The highest BCUT2D eigenvalue weighted by molar-refractivity contribution is 5.70. The molecule has 1 heterocycles. The number of rotatable bonds is 4. The lowest BCUT2D eigenvalue weighted by atomic mass is 10.1. The van der Waals surface area contributed by atoms with Crippen molar-refractivity contribution < 1.29 is 44.7 Å². The second-order valence-electron chi connectivity index (χ2n) is 6.29. The van der Waals surface area contributed by atoms with Gasteiger partial charge in [0.1, 0.15) is 11.6 Å². The fourth-order valence-electron chi connectivity index (χ4n) is 2.64. The van der Waals surface area contributed by atoms with Gasteiger partial charge < -0.3 is 10.1 Å². The Labute approximate surface area is 174 Å². The van der Waals surface area contributed by atoms with E-state index in [9.17, 15) is 39.9 Å². The molecule has 13 heteroatoms. The molecule has 0 unspecified atom stereocenters. The number of aromatic nitrogens is 2. The first-order valence-electron chi connectivity index (χ1n) is 8.58. The van der Waals surface area contributed by atoms with E-state index in [1.165, 1.54) is 0 Å². The zero-order valence-corrected chi connectivity index (χ0v) is 15.6. The van der Waals surface area contributed by atoms with E-state index in [-0.39, 0.29) is 5.69 Å². The third-order valence-electron chi connectivity index (χ3n) is 4.07. The summed E-state index contributed by atoms with van der Waals surface area (Å²) in [7, 11) is 0. The minimum Gasteiger partial charge on any atom is -0.406 e. The van der Waals surface area contributed by atoms with Crippen LogP contribution in [0.1, 0.15) is 16.8 Å². The molecule has 0 radical (unpaired) electrons. The smallest absolute Gasteiger partial charge is 0.406 e. The number of nitrogens with one attached hydrogen (secondary N) is 1. The van der Waals surface area contributed by atoms with Gasteiger partial charge in [-0.1, -0.05) is 0 Å². The summed E-state index contributed by atoms with van der Waals surface area (Å²) in [6.07, 6.45) is -10.7. The lowest BCUT2D eigenvalue weighted by molar-refractivity contribution is -0.143. The van der Waals surface area contributed by atoms with Gasteiger partial charge >= 0.3 is 18.4 Å². The third-order valence-corrected chi connectivity index (χ3v) is 4.07. The number of alkyl halides is 6. The van der Waals surface area contributed by atoms with Crippen LogP contribution in [0, 0.1) is 11.6 Å². The molecule has 3 rings (SSSR count). The normalized spacial score (nSPS) is 12.0. The van der Waals surface area contributed by atoms with Gasteiger partial charge in [-0.3, -0.25) is 0 Å². The number of carbonyl (C=O) groups is 1. The fourth-order valence-corrected chi connectivity index (χ4v) is 2.64. The van der Waals surface area contributed by atoms with E-state index in [4.69, 9.17) is 0 Å². The largest absolute Gasteiger partial charge is 0.437 e. The molecule has 3 aromatic rings. The van der Waals surface area contributed by atoms with E-state index in [0.717, 1.165) is 24.3 Å². The fraction of sp³-hybridized carbons (Fsp3) is 0.158. The average molecular weight is 465 g/mol. The predicted octanol–water partition coefficient (Wildman–Crippen LogP) is 5.48. The Kier molecular flexibility index (Phi) is 6.10. The van der Waals surface area contributed by atoms with Crippen molar-refractivity contribution in [2.24, 2.45) is 0 Å². The second kappa shape index (κ2) is 8.48. The Bertz CT molecular complexity index is 1120. The van der Waals surface area contributed by atoms with Crippen molar-refractivity contribution in [3.8, 4) is 11.4 Å². The molecule has 5 nitrogen and oxygen atoms in total. The van der Waals surface area contributed by atoms with Gasteiger partial charge in [0.15, 0.2) is 11.4 Å². The van der Waals surface area contributed by atoms with Crippen LogP contribution in [-0.2, 0) is 18.9 Å². The zero-order chi connectivity index (χ0) is 23.7. The van der Waals surface area contributed by atoms with Crippen molar-refractivity contribution >= 4 is 6.09 Å². The lowest BCUT2D eigenvalue weighted by Gasteiger charge is -2.13. The molecule has 32 heavy (non-hydrogen) atoms. The van der Waals surface area contributed by atoms with Crippen LogP contribution in [0.5, 0.6) is 5.75 Å². The second-order valence-corrected chi connectivity index (χ2v) is 6.29. The van der Waals surface area contributed by atoms with E-state index >= 15 is 0 Å². The Morgan fingerprint density at radius 2 is 1.62 bits per heavy atom. The maximum atomic E-state index is 13.7. The Morgan fingerprint density at radius 3 is 2.22 bits per heavy atom. The minimum absolute atomic E-state index is 0.181. The van der Waals surface area contributed by atoms with Gasteiger partial charge in [0.05, 0.1) is 17.4 Å². The van der Waals surface area contributed by atoms with Crippen LogP contribution in [0.15, 0.2) is 48.7 Å². The number of carbonyl (C=O) groups excluding carboxylic acids is 1. The SMILES string of the molecule is O=C(NCc1cc(C(F)(F)F)ccc1F)Oc1cnn(-c2ccc(F)cc2)c1C(F)(F)F. The van der Waals surface area contributed by atoms with Gasteiger partial charge in [0, 0.05) is 12.1 Å². The van der Waals surface area contributed by atoms with Crippen molar-refractivity contribution in [3.63, 3.8) is 0 Å². The Morgan fingerprint density at radius 1 is 0.969 bits per heavy atom. The molecule has 0 atom stereocenters. The van der Waals surface area contributed by atoms with Gasteiger partial charge in [-0.05, 0) is 42.5 Å². The van der Waals surface area contributed by atoms with Gasteiger partial charge in [0.2, 0.25) is 0 Å². The van der Waals surface area contributed by atoms with Crippen LogP contribution in [0.2, 0.25) is 0 Å². The first-order chi connectivity index (χ1) is 14.9. The molecule has 0 saturated carbocycles.